The molecule has 26 heavy (non-hydrogen) atoms. The van der Waals surface area contributed by atoms with Crippen molar-refractivity contribution in [2.45, 2.75) is 46.5 Å². The highest BCUT2D eigenvalue weighted by atomic mass is 16.2. The van der Waals surface area contributed by atoms with Crippen LogP contribution in [0.1, 0.15) is 46.5 Å². The van der Waals surface area contributed by atoms with E-state index in [2.05, 4.69) is 59.7 Å². The molecule has 1 aromatic carbocycles. The summed E-state index contributed by atoms with van der Waals surface area (Å²) in [5.41, 5.74) is 2.64. The van der Waals surface area contributed by atoms with Gasteiger partial charge in [-0.05, 0) is 55.9 Å². The maximum Gasteiger partial charge on any atom is 0.225 e. The molecule has 0 bridgehead atoms. The van der Waals surface area contributed by atoms with Crippen LogP contribution in [0.15, 0.2) is 24.3 Å². The number of carbonyl (C=O) groups excluding carboxylic acids is 1. The Morgan fingerprint density at radius 2 is 1.35 bits per heavy atom. The first-order valence-corrected chi connectivity index (χ1v) is 10.5. The van der Waals surface area contributed by atoms with Crippen LogP contribution < -0.4 is 9.80 Å². The van der Waals surface area contributed by atoms with Crippen LogP contribution in [0.2, 0.25) is 0 Å². The van der Waals surface area contributed by atoms with Crippen molar-refractivity contribution in [2.24, 2.45) is 11.8 Å². The number of anilines is 2. The van der Waals surface area contributed by atoms with E-state index in [9.17, 15) is 4.79 Å². The summed E-state index contributed by atoms with van der Waals surface area (Å²) >= 11 is 0. The summed E-state index contributed by atoms with van der Waals surface area (Å²) in [6.07, 6.45) is 4.50. The average molecular weight is 358 g/mol. The highest BCUT2D eigenvalue weighted by Gasteiger charge is 2.25. The maximum absolute atomic E-state index is 12.5. The van der Waals surface area contributed by atoms with Crippen LogP contribution in [0.5, 0.6) is 0 Å². The summed E-state index contributed by atoms with van der Waals surface area (Å²) in [5.74, 6) is 1.42. The summed E-state index contributed by atoms with van der Waals surface area (Å²) in [4.78, 5) is 19.5. The molecule has 0 atom stereocenters. The fourth-order valence-corrected chi connectivity index (χ4v) is 4.22. The number of amides is 1. The summed E-state index contributed by atoms with van der Waals surface area (Å²) in [6.45, 7) is 12.5. The van der Waals surface area contributed by atoms with Gasteiger partial charge in [-0.1, -0.05) is 20.8 Å². The number of nitrogens with zero attached hydrogens (tertiary/aromatic N) is 3. The summed E-state index contributed by atoms with van der Waals surface area (Å²) in [6, 6.07) is 9.05. The van der Waals surface area contributed by atoms with Crippen molar-refractivity contribution in [1.29, 1.82) is 0 Å². The third-order valence-electron chi connectivity index (χ3n) is 6.29. The fraction of sp³-hybridized carbons (Fsp3) is 0.682. The van der Waals surface area contributed by atoms with E-state index in [0.29, 0.717) is 5.91 Å². The van der Waals surface area contributed by atoms with Crippen molar-refractivity contribution in [3.63, 3.8) is 0 Å². The van der Waals surface area contributed by atoms with Gasteiger partial charge in [0, 0.05) is 56.6 Å². The van der Waals surface area contributed by atoms with Crippen molar-refractivity contribution in [2.75, 3.05) is 49.1 Å². The van der Waals surface area contributed by atoms with Gasteiger partial charge in [-0.2, -0.15) is 0 Å². The quantitative estimate of drug-likeness (QED) is 0.797. The normalized spacial score (nSPS) is 19.3. The number of rotatable bonds is 5. The lowest BCUT2D eigenvalue weighted by Crippen LogP contribution is -2.50. The third-order valence-corrected chi connectivity index (χ3v) is 6.29. The molecule has 0 radical (unpaired) electrons. The molecule has 2 heterocycles. The molecule has 4 heteroatoms. The van der Waals surface area contributed by atoms with Gasteiger partial charge in [-0.15, -0.1) is 0 Å². The van der Waals surface area contributed by atoms with Gasteiger partial charge in [0.1, 0.15) is 0 Å². The van der Waals surface area contributed by atoms with Gasteiger partial charge in [0.15, 0.2) is 0 Å². The van der Waals surface area contributed by atoms with Crippen molar-refractivity contribution in [3.8, 4) is 0 Å². The number of hydrogen-bond donors (Lipinski definition) is 0. The van der Waals surface area contributed by atoms with E-state index in [1.807, 2.05) is 0 Å². The van der Waals surface area contributed by atoms with E-state index >= 15 is 0 Å². The Morgan fingerprint density at radius 3 is 1.81 bits per heavy atom. The second kappa shape index (κ2) is 8.79. The molecule has 1 amide bonds. The Bertz CT molecular complexity index is 566. The Balaban J connectivity index is 1.54. The second-order valence-electron chi connectivity index (χ2n) is 8.01. The number of hydrogen-bond acceptors (Lipinski definition) is 3. The summed E-state index contributed by atoms with van der Waals surface area (Å²) < 4.78 is 0. The minimum absolute atomic E-state index is 0.202. The minimum Gasteiger partial charge on any atom is -0.372 e. The van der Waals surface area contributed by atoms with Gasteiger partial charge < -0.3 is 14.7 Å². The molecule has 3 rings (SSSR count). The zero-order chi connectivity index (χ0) is 18.5. The van der Waals surface area contributed by atoms with E-state index in [4.69, 9.17) is 0 Å². The molecule has 0 aliphatic carbocycles. The lowest BCUT2D eigenvalue weighted by Gasteiger charge is -2.38. The molecule has 2 fully saturated rings. The molecule has 4 nitrogen and oxygen atoms in total. The van der Waals surface area contributed by atoms with Crippen LogP contribution in [-0.2, 0) is 4.79 Å². The fourth-order valence-electron chi connectivity index (χ4n) is 4.22. The average Bonchev–Trinajstić information content (AvgIpc) is 2.70. The zero-order valence-corrected chi connectivity index (χ0v) is 16.8. The van der Waals surface area contributed by atoms with Crippen molar-refractivity contribution < 1.29 is 4.79 Å². The molecule has 0 saturated carbocycles. The SMILES string of the molecule is CCC(CC)C(=O)N1CCN(c2ccc(N3CCC(C)CC3)cc2)CC1. The second-order valence-corrected chi connectivity index (χ2v) is 8.01. The van der Waals surface area contributed by atoms with Gasteiger partial charge in [0.25, 0.3) is 0 Å². The molecule has 0 unspecified atom stereocenters. The van der Waals surface area contributed by atoms with Gasteiger partial charge in [0.2, 0.25) is 5.91 Å². The van der Waals surface area contributed by atoms with Gasteiger partial charge in [-0.25, -0.2) is 0 Å². The number of piperidine rings is 1. The van der Waals surface area contributed by atoms with Gasteiger partial charge in [0.05, 0.1) is 0 Å². The van der Waals surface area contributed by atoms with Crippen LogP contribution in [0.4, 0.5) is 11.4 Å². The molecular formula is C22H35N3O. The van der Waals surface area contributed by atoms with Gasteiger partial charge in [-0.3, -0.25) is 4.79 Å². The highest BCUT2D eigenvalue weighted by molar-refractivity contribution is 5.79. The van der Waals surface area contributed by atoms with Crippen LogP contribution in [0.25, 0.3) is 0 Å². The topological polar surface area (TPSA) is 26.8 Å². The molecule has 2 saturated heterocycles. The first-order chi connectivity index (χ1) is 12.6. The summed E-state index contributed by atoms with van der Waals surface area (Å²) in [7, 11) is 0. The predicted octanol–water partition coefficient (Wildman–Crippen LogP) is 4.01. The van der Waals surface area contributed by atoms with E-state index in [1.54, 1.807) is 0 Å². The van der Waals surface area contributed by atoms with Crippen LogP contribution >= 0.6 is 0 Å². The number of piperazine rings is 1. The summed E-state index contributed by atoms with van der Waals surface area (Å²) in [5, 5.41) is 0. The largest absolute Gasteiger partial charge is 0.372 e. The molecule has 1 aromatic rings. The van der Waals surface area contributed by atoms with Crippen LogP contribution in [0, 0.1) is 11.8 Å². The van der Waals surface area contributed by atoms with Crippen molar-refractivity contribution >= 4 is 17.3 Å². The molecule has 0 aromatic heterocycles. The van der Waals surface area contributed by atoms with E-state index in [1.165, 1.54) is 37.3 Å². The van der Waals surface area contributed by atoms with E-state index < -0.39 is 0 Å². The number of benzene rings is 1. The number of carbonyl (C=O) groups is 1. The van der Waals surface area contributed by atoms with E-state index in [0.717, 1.165) is 44.9 Å². The molecule has 0 N–H and O–H groups in total. The Morgan fingerprint density at radius 1 is 0.885 bits per heavy atom. The molecule has 0 spiro atoms. The Labute approximate surface area is 159 Å². The van der Waals surface area contributed by atoms with Gasteiger partial charge >= 0.3 is 0 Å². The third kappa shape index (κ3) is 4.33. The van der Waals surface area contributed by atoms with Crippen molar-refractivity contribution in [3.05, 3.63) is 24.3 Å². The first kappa shape index (κ1) is 19.1. The predicted molar refractivity (Wildman–Crippen MR) is 110 cm³/mol. The lowest BCUT2D eigenvalue weighted by atomic mass is 9.99. The molecule has 2 aliphatic heterocycles. The molecular weight excluding hydrogens is 322 g/mol. The van der Waals surface area contributed by atoms with Crippen molar-refractivity contribution in [1.82, 2.24) is 4.90 Å². The zero-order valence-electron chi connectivity index (χ0n) is 16.8. The smallest absolute Gasteiger partial charge is 0.225 e. The van der Waals surface area contributed by atoms with Crippen LogP contribution in [-0.4, -0.2) is 50.1 Å². The maximum atomic E-state index is 12.5. The molecule has 144 valence electrons. The first-order valence-electron chi connectivity index (χ1n) is 10.5. The van der Waals surface area contributed by atoms with E-state index in [-0.39, 0.29) is 5.92 Å². The lowest BCUT2D eigenvalue weighted by molar-refractivity contribution is -0.136. The monoisotopic (exact) mass is 357 g/mol. The van der Waals surface area contributed by atoms with Crippen LogP contribution in [0.3, 0.4) is 0 Å². The molecule has 2 aliphatic rings. The highest BCUT2D eigenvalue weighted by Crippen LogP contribution is 2.26. The minimum atomic E-state index is 0.202. The Hall–Kier alpha value is -1.71. The Kier molecular flexibility index (Phi) is 6.44. The standard InChI is InChI=1S/C22H35N3O/c1-4-19(5-2)22(26)25-16-14-24(15-17-25)21-8-6-20(7-9-21)23-12-10-18(3)11-13-23/h6-9,18-19H,4-5,10-17H2,1-3H3.